The van der Waals surface area contributed by atoms with Gasteiger partial charge in [-0.15, -0.1) is 0 Å². The average Bonchev–Trinajstić information content (AvgIpc) is 2.71. The van der Waals surface area contributed by atoms with Crippen LogP contribution in [0.3, 0.4) is 0 Å². The second kappa shape index (κ2) is 7.40. The molecule has 0 saturated heterocycles. The van der Waals surface area contributed by atoms with Gasteiger partial charge >= 0.3 is 0 Å². The molecule has 0 bridgehead atoms. The Morgan fingerprint density at radius 1 is 1.17 bits per heavy atom. The fraction of sp³-hybridized carbons (Fsp3) is 0.318. The predicted octanol–water partition coefficient (Wildman–Crippen LogP) is 3.17. The van der Waals surface area contributed by atoms with Crippen LogP contribution in [0, 0.1) is 5.82 Å². The molecule has 150 valence electrons. The Labute approximate surface area is 168 Å². The smallest absolute Gasteiger partial charge is 0.255 e. The summed E-state index contributed by atoms with van der Waals surface area (Å²) in [6, 6.07) is 11.0. The summed E-state index contributed by atoms with van der Waals surface area (Å²) >= 11 is 0. The van der Waals surface area contributed by atoms with Gasteiger partial charge < -0.3 is 10.0 Å². The van der Waals surface area contributed by atoms with Crippen molar-refractivity contribution in [2.75, 3.05) is 11.4 Å². The highest BCUT2D eigenvalue weighted by molar-refractivity contribution is 5.60. The van der Waals surface area contributed by atoms with Crippen LogP contribution in [-0.4, -0.2) is 31.7 Å². The number of pyridine rings is 1. The predicted molar refractivity (Wildman–Crippen MR) is 109 cm³/mol. The SMILES string of the molecule is CC1(C)CCn2c(nc(-c3ccncc3)cc2=O)N1C[C@@H](O)c1ccc(F)cc1. The third-order valence-corrected chi connectivity index (χ3v) is 5.49. The van der Waals surface area contributed by atoms with E-state index in [-0.39, 0.29) is 23.5 Å². The molecule has 3 heterocycles. The number of β-amino-alcohol motifs (C(OH)–C–C–N with tert-alkyl or cyclic N) is 1. The summed E-state index contributed by atoms with van der Waals surface area (Å²) in [5.74, 6) is 0.182. The molecule has 0 radical (unpaired) electrons. The molecule has 0 spiro atoms. The molecule has 0 fully saturated rings. The lowest BCUT2D eigenvalue weighted by atomic mass is 9.95. The summed E-state index contributed by atoms with van der Waals surface area (Å²) in [5.41, 5.74) is 1.56. The van der Waals surface area contributed by atoms with E-state index in [0.717, 1.165) is 12.0 Å². The second-order valence-corrected chi connectivity index (χ2v) is 7.91. The van der Waals surface area contributed by atoms with Gasteiger partial charge in [0, 0.05) is 36.1 Å². The molecule has 1 aromatic carbocycles. The number of nitrogens with zero attached hydrogens (tertiary/aromatic N) is 4. The summed E-state index contributed by atoms with van der Waals surface area (Å²) in [7, 11) is 0. The van der Waals surface area contributed by atoms with E-state index in [1.165, 1.54) is 18.2 Å². The van der Waals surface area contributed by atoms with Crippen molar-refractivity contribution in [1.82, 2.24) is 14.5 Å². The molecule has 0 amide bonds. The third-order valence-electron chi connectivity index (χ3n) is 5.49. The van der Waals surface area contributed by atoms with Crippen LogP contribution in [0.2, 0.25) is 0 Å². The van der Waals surface area contributed by atoms with Crippen molar-refractivity contribution in [3.8, 4) is 11.3 Å². The first-order valence-corrected chi connectivity index (χ1v) is 9.59. The standard InChI is InChI=1S/C22H23FN4O2/c1-22(2)9-12-26-20(29)13-18(15-7-10-24-11-8-15)25-21(26)27(22)14-19(28)16-3-5-17(23)6-4-16/h3-8,10-11,13,19,28H,9,12,14H2,1-2H3/t19-/m1/s1. The molecule has 1 aliphatic rings. The van der Waals surface area contributed by atoms with Gasteiger partial charge in [0.25, 0.3) is 5.56 Å². The van der Waals surface area contributed by atoms with Gasteiger partial charge in [-0.25, -0.2) is 9.37 Å². The minimum absolute atomic E-state index is 0.126. The van der Waals surface area contributed by atoms with E-state index in [4.69, 9.17) is 4.98 Å². The summed E-state index contributed by atoms with van der Waals surface area (Å²) in [6.45, 7) is 4.94. The number of aromatic nitrogens is 3. The summed E-state index contributed by atoms with van der Waals surface area (Å²) in [6.07, 6.45) is 3.22. The minimum atomic E-state index is -0.845. The molecule has 1 atom stereocenters. The van der Waals surface area contributed by atoms with E-state index in [1.54, 1.807) is 29.1 Å². The maximum Gasteiger partial charge on any atom is 0.255 e. The number of hydrogen-bond donors (Lipinski definition) is 1. The number of benzene rings is 1. The first kappa shape index (κ1) is 19.3. The number of anilines is 1. The van der Waals surface area contributed by atoms with Crippen LogP contribution in [-0.2, 0) is 6.54 Å². The van der Waals surface area contributed by atoms with E-state index in [1.807, 2.05) is 17.0 Å². The normalized spacial score (nSPS) is 16.3. The number of hydrogen-bond acceptors (Lipinski definition) is 5. The Bertz CT molecular complexity index is 1060. The Kier molecular flexibility index (Phi) is 4.92. The van der Waals surface area contributed by atoms with Gasteiger partial charge in [0.05, 0.1) is 18.3 Å². The second-order valence-electron chi connectivity index (χ2n) is 7.91. The molecule has 1 N–H and O–H groups in total. The molecule has 2 aromatic heterocycles. The zero-order chi connectivity index (χ0) is 20.6. The number of rotatable bonds is 4. The van der Waals surface area contributed by atoms with Crippen LogP contribution in [0.15, 0.2) is 59.7 Å². The quantitative estimate of drug-likeness (QED) is 0.736. The summed E-state index contributed by atoms with van der Waals surface area (Å²) in [4.78, 5) is 23.5. The zero-order valence-electron chi connectivity index (χ0n) is 16.4. The molecule has 3 aromatic rings. The van der Waals surface area contributed by atoms with Crippen molar-refractivity contribution in [3.05, 3.63) is 76.6 Å². The molecular weight excluding hydrogens is 371 g/mol. The first-order valence-electron chi connectivity index (χ1n) is 9.59. The van der Waals surface area contributed by atoms with Crippen molar-refractivity contribution >= 4 is 5.95 Å². The van der Waals surface area contributed by atoms with Gasteiger partial charge in [-0.05, 0) is 50.1 Å². The Balaban J connectivity index is 1.75. The van der Waals surface area contributed by atoms with E-state index < -0.39 is 6.10 Å². The van der Waals surface area contributed by atoms with Gasteiger partial charge in [-0.2, -0.15) is 0 Å². The van der Waals surface area contributed by atoms with Crippen LogP contribution in [0.5, 0.6) is 0 Å². The lowest BCUT2D eigenvalue weighted by molar-refractivity contribution is 0.168. The number of fused-ring (bicyclic) bond motifs is 1. The summed E-state index contributed by atoms with van der Waals surface area (Å²) < 4.78 is 14.9. The van der Waals surface area contributed by atoms with Crippen LogP contribution in [0.25, 0.3) is 11.3 Å². The molecule has 6 nitrogen and oxygen atoms in total. The number of halogens is 1. The van der Waals surface area contributed by atoms with Crippen molar-refractivity contribution in [2.45, 2.75) is 38.5 Å². The highest BCUT2D eigenvalue weighted by atomic mass is 19.1. The maximum atomic E-state index is 13.2. The zero-order valence-corrected chi connectivity index (χ0v) is 16.4. The lowest BCUT2D eigenvalue weighted by Crippen LogP contribution is -2.53. The van der Waals surface area contributed by atoms with Crippen LogP contribution >= 0.6 is 0 Å². The maximum absolute atomic E-state index is 13.2. The average molecular weight is 394 g/mol. The molecule has 4 rings (SSSR count). The first-order chi connectivity index (χ1) is 13.8. The summed E-state index contributed by atoms with van der Waals surface area (Å²) in [5, 5.41) is 10.8. The fourth-order valence-corrected chi connectivity index (χ4v) is 3.66. The monoisotopic (exact) mass is 394 g/mol. The van der Waals surface area contributed by atoms with E-state index in [0.29, 0.717) is 23.8 Å². The van der Waals surface area contributed by atoms with E-state index in [9.17, 15) is 14.3 Å². The van der Waals surface area contributed by atoms with Gasteiger partial charge in [0.2, 0.25) is 5.95 Å². The molecular formula is C22H23FN4O2. The number of aliphatic hydroxyl groups is 1. The van der Waals surface area contributed by atoms with E-state index >= 15 is 0 Å². The molecule has 0 aliphatic carbocycles. The Morgan fingerprint density at radius 3 is 2.55 bits per heavy atom. The van der Waals surface area contributed by atoms with E-state index in [2.05, 4.69) is 18.8 Å². The molecule has 7 heteroatoms. The Hall–Kier alpha value is -3.06. The van der Waals surface area contributed by atoms with Crippen LogP contribution < -0.4 is 10.5 Å². The minimum Gasteiger partial charge on any atom is -0.387 e. The number of aliphatic hydroxyl groups excluding tert-OH is 1. The molecule has 29 heavy (non-hydrogen) atoms. The van der Waals surface area contributed by atoms with Crippen molar-refractivity contribution in [1.29, 1.82) is 0 Å². The molecule has 0 unspecified atom stereocenters. The lowest BCUT2D eigenvalue weighted by Gasteiger charge is -2.45. The highest BCUT2D eigenvalue weighted by Crippen LogP contribution is 2.33. The highest BCUT2D eigenvalue weighted by Gasteiger charge is 2.36. The molecule has 0 saturated carbocycles. The van der Waals surface area contributed by atoms with Gasteiger partial charge in [-0.3, -0.25) is 14.3 Å². The van der Waals surface area contributed by atoms with Crippen LogP contribution in [0.4, 0.5) is 10.3 Å². The fourth-order valence-electron chi connectivity index (χ4n) is 3.66. The molecule has 1 aliphatic heterocycles. The van der Waals surface area contributed by atoms with Gasteiger partial charge in [0.1, 0.15) is 5.82 Å². The van der Waals surface area contributed by atoms with Gasteiger partial charge in [0.15, 0.2) is 0 Å². The van der Waals surface area contributed by atoms with Gasteiger partial charge in [-0.1, -0.05) is 12.1 Å². The van der Waals surface area contributed by atoms with Crippen molar-refractivity contribution in [2.24, 2.45) is 0 Å². The van der Waals surface area contributed by atoms with Crippen LogP contribution in [0.1, 0.15) is 31.9 Å². The largest absolute Gasteiger partial charge is 0.387 e. The van der Waals surface area contributed by atoms with Crippen molar-refractivity contribution < 1.29 is 9.50 Å². The Morgan fingerprint density at radius 2 is 1.86 bits per heavy atom. The van der Waals surface area contributed by atoms with Crippen molar-refractivity contribution in [3.63, 3.8) is 0 Å². The topological polar surface area (TPSA) is 71.2 Å². The third kappa shape index (κ3) is 3.78.